The van der Waals surface area contributed by atoms with E-state index in [1.54, 1.807) is 6.92 Å². The molecule has 0 aliphatic carbocycles. The number of carbonyl (C=O) groups is 1. The molecule has 0 bridgehead atoms. The minimum absolute atomic E-state index is 0.0176. The van der Waals surface area contributed by atoms with Crippen LogP contribution in [-0.2, 0) is 11.3 Å². The molecule has 2 aromatic carbocycles. The topological polar surface area (TPSA) is 29.1 Å². The molecule has 1 atom stereocenters. The smallest absolute Gasteiger partial charge is 0.352 e. The van der Waals surface area contributed by atoms with Gasteiger partial charge in [0, 0.05) is 11.0 Å². The van der Waals surface area contributed by atoms with E-state index in [-0.39, 0.29) is 22.2 Å². The van der Waals surface area contributed by atoms with Crippen LogP contribution in [0.5, 0.6) is 0 Å². The Kier molecular flexibility index (Phi) is 8.69. The molecule has 0 aliphatic rings. The van der Waals surface area contributed by atoms with Crippen molar-refractivity contribution < 1.29 is 31.1 Å². The summed E-state index contributed by atoms with van der Waals surface area (Å²) in [7, 11) is 0. The first-order chi connectivity index (χ1) is 14.7. The molecule has 11 heteroatoms. The maximum atomic E-state index is 13.7. The number of rotatable bonds is 6. The normalized spacial score (nSPS) is 13.4. The van der Waals surface area contributed by atoms with Gasteiger partial charge in [-0.1, -0.05) is 69.5 Å². The van der Waals surface area contributed by atoms with Gasteiger partial charge in [-0.25, -0.2) is 0 Å². The first-order valence-electron chi connectivity index (χ1n) is 8.99. The predicted octanol–water partition coefficient (Wildman–Crippen LogP) is 7.99. The van der Waals surface area contributed by atoms with E-state index in [0.29, 0.717) is 21.2 Å². The van der Waals surface area contributed by atoms with Gasteiger partial charge in [-0.2, -0.15) is 26.3 Å². The molecule has 1 amide bonds. The van der Waals surface area contributed by atoms with Crippen LogP contribution in [0, 0.1) is 6.92 Å². The minimum Gasteiger partial charge on any atom is -0.352 e. The van der Waals surface area contributed by atoms with E-state index in [1.807, 2.05) is 0 Å². The van der Waals surface area contributed by atoms with Gasteiger partial charge in [0.1, 0.15) is 6.42 Å². The molecular weight excluding hydrogens is 547 g/mol. The second kappa shape index (κ2) is 10.5. The Hall–Kier alpha value is -1.71. The van der Waals surface area contributed by atoms with Gasteiger partial charge in [-0.3, -0.25) is 4.79 Å². The van der Waals surface area contributed by atoms with Crippen molar-refractivity contribution in [1.29, 1.82) is 0 Å². The van der Waals surface area contributed by atoms with Crippen molar-refractivity contribution in [3.63, 3.8) is 0 Å². The van der Waals surface area contributed by atoms with Crippen LogP contribution in [0.1, 0.15) is 34.6 Å². The van der Waals surface area contributed by atoms with Crippen molar-refractivity contribution in [2.45, 2.75) is 38.2 Å². The summed E-state index contributed by atoms with van der Waals surface area (Å²) in [6.07, 6.45) is -8.55. The summed E-state index contributed by atoms with van der Waals surface area (Å²) in [5.74, 6) is -3.12. The number of hydrogen-bond donors (Lipinski definition) is 1. The van der Waals surface area contributed by atoms with E-state index in [9.17, 15) is 31.1 Å². The Morgan fingerprint density at radius 3 is 2.31 bits per heavy atom. The third kappa shape index (κ3) is 7.71. The fourth-order valence-electron chi connectivity index (χ4n) is 2.80. The molecule has 2 rings (SSSR count). The SMILES string of the molecule is Cc1cc(C(/C=C/c2ccc(CNC(=O)CC(F)(F)F)c(Br)c2)C(F)(F)F)cc(Cl)c1Cl. The third-order valence-electron chi connectivity index (χ3n) is 4.34. The van der Waals surface area contributed by atoms with Crippen LogP contribution in [0.15, 0.2) is 40.9 Å². The first kappa shape index (κ1) is 26.5. The number of nitrogens with one attached hydrogen (secondary N) is 1. The molecule has 1 unspecified atom stereocenters. The van der Waals surface area contributed by atoms with E-state index in [0.717, 1.165) is 6.08 Å². The standard InChI is InChI=1S/C21H16BrCl2F6NO/c1-11-6-14(8-17(23)19(11)24)15(21(28,29)30)5-3-12-2-4-13(16(22)7-12)10-31-18(32)9-20(25,26)27/h2-8,15H,9-10H2,1H3,(H,31,32)/b5-3+. The predicted molar refractivity (Wildman–Crippen MR) is 116 cm³/mol. The van der Waals surface area contributed by atoms with Gasteiger partial charge in [0.15, 0.2) is 0 Å². The quantitative estimate of drug-likeness (QED) is 0.355. The number of benzene rings is 2. The van der Waals surface area contributed by atoms with E-state index < -0.39 is 30.6 Å². The van der Waals surface area contributed by atoms with Crippen LogP contribution in [0.4, 0.5) is 26.3 Å². The average molecular weight is 563 g/mol. The monoisotopic (exact) mass is 561 g/mol. The highest BCUT2D eigenvalue weighted by Gasteiger charge is 2.39. The Labute approximate surface area is 198 Å². The van der Waals surface area contributed by atoms with Gasteiger partial charge in [-0.15, -0.1) is 0 Å². The summed E-state index contributed by atoms with van der Waals surface area (Å²) in [6, 6.07) is 6.96. The van der Waals surface area contributed by atoms with E-state index in [4.69, 9.17) is 23.2 Å². The Balaban J connectivity index is 2.20. The molecule has 2 aromatic rings. The molecule has 0 spiro atoms. The highest BCUT2D eigenvalue weighted by Crippen LogP contribution is 2.39. The van der Waals surface area contributed by atoms with Gasteiger partial charge < -0.3 is 5.32 Å². The van der Waals surface area contributed by atoms with Crippen molar-refractivity contribution in [2.24, 2.45) is 0 Å². The minimum atomic E-state index is -4.61. The zero-order valence-corrected chi connectivity index (χ0v) is 19.4. The molecule has 0 aromatic heterocycles. The highest BCUT2D eigenvalue weighted by molar-refractivity contribution is 9.10. The van der Waals surface area contributed by atoms with Gasteiger partial charge in [0.2, 0.25) is 5.91 Å². The summed E-state index contributed by atoms with van der Waals surface area (Å²) in [5, 5.41) is 2.34. The van der Waals surface area contributed by atoms with Crippen LogP contribution >= 0.6 is 39.1 Å². The van der Waals surface area contributed by atoms with Crippen molar-refractivity contribution in [1.82, 2.24) is 5.32 Å². The number of carbonyl (C=O) groups excluding carboxylic acids is 1. The average Bonchev–Trinajstić information content (AvgIpc) is 2.63. The molecule has 0 aliphatic heterocycles. The molecule has 0 radical (unpaired) electrons. The van der Waals surface area contributed by atoms with Crippen LogP contribution in [-0.4, -0.2) is 18.3 Å². The molecule has 2 nitrogen and oxygen atoms in total. The second-order valence-electron chi connectivity index (χ2n) is 6.93. The van der Waals surface area contributed by atoms with E-state index in [2.05, 4.69) is 21.2 Å². The van der Waals surface area contributed by atoms with Crippen molar-refractivity contribution in [3.05, 3.63) is 73.2 Å². The Bertz CT molecular complexity index is 997. The number of aryl methyl sites for hydroxylation is 1. The maximum Gasteiger partial charge on any atom is 0.399 e. The first-order valence-corrected chi connectivity index (χ1v) is 10.5. The third-order valence-corrected chi connectivity index (χ3v) is 5.97. The molecular formula is C21H16BrCl2F6NO. The number of allylic oxidation sites excluding steroid dienone is 1. The molecule has 0 heterocycles. The summed E-state index contributed by atoms with van der Waals surface area (Å²) in [4.78, 5) is 11.3. The summed E-state index contributed by atoms with van der Waals surface area (Å²) in [6.45, 7) is 1.38. The molecule has 0 saturated heterocycles. The lowest BCUT2D eigenvalue weighted by molar-refractivity contribution is -0.153. The van der Waals surface area contributed by atoms with Crippen LogP contribution in [0.25, 0.3) is 6.08 Å². The summed E-state index contributed by atoms with van der Waals surface area (Å²) < 4.78 is 78.0. The highest BCUT2D eigenvalue weighted by atomic mass is 79.9. The molecule has 174 valence electrons. The molecule has 32 heavy (non-hydrogen) atoms. The lowest BCUT2D eigenvalue weighted by atomic mass is 9.95. The summed E-state index contributed by atoms with van der Waals surface area (Å²) in [5.41, 5.74) is 1.22. The zero-order valence-electron chi connectivity index (χ0n) is 16.3. The second-order valence-corrected chi connectivity index (χ2v) is 8.57. The van der Waals surface area contributed by atoms with Gasteiger partial charge in [-0.05, 0) is 41.3 Å². The molecule has 0 saturated carbocycles. The van der Waals surface area contributed by atoms with Crippen molar-refractivity contribution >= 4 is 51.1 Å². The van der Waals surface area contributed by atoms with Gasteiger partial charge in [0.05, 0.1) is 16.0 Å². The van der Waals surface area contributed by atoms with Gasteiger partial charge in [0.25, 0.3) is 0 Å². The number of hydrogen-bond acceptors (Lipinski definition) is 1. The summed E-state index contributed by atoms with van der Waals surface area (Å²) >= 11 is 15.1. The number of amides is 1. The van der Waals surface area contributed by atoms with E-state index >= 15 is 0 Å². The number of halogens is 9. The maximum absolute atomic E-state index is 13.7. The zero-order chi connectivity index (χ0) is 24.3. The van der Waals surface area contributed by atoms with Crippen molar-refractivity contribution in [2.75, 3.05) is 0 Å². The van der Waals surface area contributed by atoms with Crippen LogP contribution in [0.3, 0.4) is 0 Å². The lowest BCUT2D eigenvalue weighted by Crippen LogP contribution is -2.28. The Morgan fingerprint density at radius 2 is 1.78 bits per heavy atom. The largest absolute Gasteiger partial charge is 0.399 e. The van der Waals surface area contributed by atoms with Gasteiger partial charge >= 0.3 is 12.4 Å². The molecule has 1 N–H and O–H groups in total. The Morgan fingerprint density at radius 1 is 1.12 bits per heavy atom. The molecule has 0 fully saturated rings. The fraction of sp³-hybridized carbons (Fsp3) is 0.286. The van der Waals surface area contributed by atoms with Crippen LogP contribution < -0.4 is 5.32 Å². The number of alkyl halides is 6. The lowest BCUT2D eigenvalue weighted by Gasteiger charge is -2.19. The van der Waals surface area contributed by atoms with Crippen LogP contribution in [0.2, 0.25) is 10.0 Å². The fourth-order valence-corrected chi connectivity index (χ4v) is 3.72. The van der Waals surface area contributed by atoms with E-state index in [1.165, 1.54) is 36.4 Å². The van der Waals surface area contributed by atoms with Crippen molar-refractivity contribution in [3.8, 4) is 0 Å².